The number of nitrogens with zero attached hydrogens (tertiary/aromatic N) is 1. The summed E-state index contributed by atoms with van der Waals surface area (Å²) in [5.74, 6) is 0.269. The zero-order valence-electron chi connectivity index (χ0n) is 11.3. The quantitative estimate of drug-likeness (QED) is 0.810. The van der Waals surface area contributed by atoms with Crippen LogP contribution in [-0.2, 0) is 9.59 Å². The second-order valence-electron chi connectivity index (χ2n) is 4.97. The molecule has 1 N–H and O–H groups in total. The maximum absolute atomic E-state index is 12.4. The van der Waals surface area contributed by atoms with Crippen LogP contribution in [0.25, 0.3) is 0 Å². The molecule has 1 rings (SSSR count). The van der Waals surface area contributed by atoms with Crippen LogP contribution in [0.3, 0.4) is 0 Å². The Bertz CT molecular complexity index is 291. The first kappa shape index (κ1) is 14.0. The van der Waals surface area contributed by atoms with Crippen molar-refractivity contribution in [1.29, 1.82) is 0 Å². The molecular weight excluding hydrogens is 216 g/mol. The van der Waals surface area contributed by atoms with Gasteiger partial charge in [-0.1, -0.05) is 27.2 Å². The molecule has 0 aromatic heterocycles. The van der Waals surface area contributed by atoms with Crippen LogP contribution in [0.5, 0.6) is 0 Å². The highest BCUT2D eigenvalue weighted by Gasteiger charge is 2.34. The van der Waals surface area contributed by atoms with Gasteiger partial charge in [0, 0.05) is 19.0 Å². The van der Waals surface area contributed by atoms with Gasteiger partial charge in [-0.25, -0.2) is 0 Å². The number of nitrogens with one attached hydrogen (secondary N) is 1. The maximum atomic E-state index is 12.4. The molecule has 17 heavy (non-hydrogen) atoms. The monoisotopic (exact) mass is 240 g/mol. The average molecular weight is 240 g/mol. The van der Waals surface area contributed by atoms with Gasteiger partial charge in [-0.05, 0) is 19.3 Å². The first-order chi connectivity index (χ1) is 8.01. The molecule has 0 aliphatic carbocycles. The first-order valence-corrected chi connectivity index (χ1v) is 6.61. The van der Waals surface area contributed by atoms with Gasteiger partial charge in [0.2, 0.25) is 11.8 Å². The second kappa shape index (κ2) is 6.03. The molecule has 1 aliphatic rings. The molecule has 0 saturated carbocycles. The van der Waals surface area contributed by atoms with Gasteiger partial charge in [0.05, 0.1) is 0 Å². The van der Waals surface area contributed by atoms with Gasteiger partial charge in [-0.3, -0.25) is 9.59 Å². The lowest BCUT2D eigenvalue weighted by Gasteiger charge is -2.31. The predicted molar refractivity (Wildman–Crippen MR) is 67.5 cm³/mol. The topological polar surface area (TPSA) is 49.4 Å². The highest BCUT2D eigenvalue weighted by Crippen LogP contribution is 2.17. The molecule has 1 fully saturated rings. The molecule has 3 unspecified atom stereocenters. The number of hydrogen-bond donors (Lipinski definition) is 1. The van der Waals surface area contributed by atoms with E-state index in [1.54, 1.807) is 0 Å². The molecule has 0 aromatic rings. The minimum Gasteiger partial charge on any atom is -0.344 e. The third-order valence-electron chi connectivity index (χ3n) is 3.78. The van der Waals surface area contributed by atoms with Gasteiger partial charge in [-0.2, -0.15) is 0 Å². The smallest absolute Gasteiger partial charge is 0.245 e. The van der Waals surface area contributed by atoms with E-state index in [0.717, 1.165) is 12.8 Å². The minimum atomic E-state index is -0.344. The summed E-state index contributed by atoms with van der Waals surface area (Å²) in [6, 6.07) is -0.134. The van der Waals surface area contributed by atoms with Crippen LogP contribution >= 0.6 is 0 Å². The van der Waals surface area contributed by atoms with Crippen LogP contribution in [0, 0.1) is 5.92 Å². The lowest BCUT2D eigenvalue weighted by Crippen LogP contribution is -2.50. The SMILES string of the molecule is CCC(C)C1NC(=O)CCN(C(C)CC)C1=O. The van der Waals surface area contributed by atoms with Crippen molar-refractivity contribution in [1.82, 2.24) is 10.2 Å². The summed E-state index contributed by atoms with van der Waals surface area (Å²) in [6.45, 7) is 8.72. The van der Waals surface area contributed by atoms with Crippen LogP contribution in [0.15, 0.2) is 0 Å². The number of amides is 2. The number of hydrogen-bond acceptors (Lipinski definition) is 2. The van der Waals surface area contributed by atoms with E-state index in [-0.39, 0.29) is 29.8 Å². The summed E-state index contributed by atoms with van der Waals surface area (Å²) in [5.41, 5.74) is 0. The molecule has 2 amide bonds. The standard InChI is InChI=1S/C13H24N2O2/c1-5-9(3)12-13(17)15(10(4)6-2)8-7-11(16)14-12/h9-10,12H,5-8H2,1-4H3,(H,14,16). The van der Waals surface area contributed by atoms with Crippen LogP contribution in [0.4, 0.5) is 0 Å². The normalized spacial score (nSPS) is 25.2. The maximum Gasteiger partial charge on any atom is 0.245 e. The largest absolute Gasteiger partial charge is 0.344 e. The van der Waals surface area contributed by atoms with Gasteiger partial charge in [0.1, 0.15) is 6.04 Å². The Morgan fingerprint density at radius 1 is 1.29 bits per heavy atom. The van der Waals surface area contributed by atoms with Gasteiger partial charge < -0.3 is 10.2 Å². The molecule has 4 nitrogen and oxygen atoms in total. The van der Waals surface area contributed by atoms with Crippen molar-refractivity contribution in [3.05, 3.63) is 0 Å². The van der Waals surface area contributed by atoms with Crippen LogP contribution < -0.4 is 5.32 Å². The summed E-state index contributed by atoms with van der Waals surface area (Å²) >= 11 is 0. The van der Waals surface area contributed by atoms with Crippen molar-refractivity contribution in [3.8, 4) is 0 Å². The Morgan fingerprint density at radius 2 is 1.94 bits per heavy atom. The van der Waals surface area contributed by atoms with E-state index in [0.29, 0.717) is 13.0 Å². The van der Waals surface area contributed by atoms with Crippen LogP contribution in [0.2, 0.25) is 0 Å². The van der Waals surface area contributed by atoms with Crippen molar-refractivity contribution in [3.63, 3.8) is 0 Å². The number of carbonyl (C=O) groups excluding carboxylic acids is 2. The molecule has 0 aromatic carbocycles. The highest BCUT2D eigenvalue weighted by atomic mass is 16.2. The predicted octanol–water partition coefficient (Wildman–Crippen LogP) is 1.55. The van der Waals surface area contributed by atoms with Crippen molar-refractivity contribution < 1.29 is 9.59 Å². The average Bonchev–Trinajstić information content (AvgIpc) is 2.47. The molecule has 3 atom stereocenters. The second-order valence-corrected chi connectivity index (χ2v) is 4.97. The fourth-order valence-electron chi connectivity index (χ4n) is 2.10. The molecular formula is C13H24N2O2. The third-order valence-corrected chi connectivity index (χ3v) is 3.78. The van der Waals surface area contributed by atoms with Crippen LogP contribution in [0.1, 0.15) is 47.0 Å². The Balaban J connectivity index is 2.88. The van der Waals surface area contributed by atoms with E-state index < -0.39 is 0 Å². The molecule has 0 bridgehead atoms. The van der Waals surface area contributed by atoms with Gasteiger partial charge >= 0.3 is 0 Å². The van der Waals surface area contributed by atoms with Crippen molar-refractivity contribution >= 4 is 11.8 Å². The summed E-state index contributed by atoms with van der Waals surface area (Å²) in [7, 11) is 0. The Kier molecular flexibility index (Phi) is 4.97. The Labute approximate surface area is 104 Å². The minimum absolute atomic E-state index is 0.00514. The molecule has 1 saturated heterocycles. The fourth-order valence-corrected chi connectivity index (χ4v) is 2.10. The molecule has 0 radical (unpaired) electrons. The molecule has 4 heteroatoms. The van der Waals surface area contributed by atoms with E-state index in [9.17, 15) is 9.59 Å². The van der Waals surface area contributed by atoms with Crippen molar-refractivity contribution in [2.24, 2.45) is 5.92 Å². The third kappa shape index (κ3) is 3.20. The van der Waals surface area contributed by atoms with Crippen LogP contribution in [-0.4, -0.2) is 35.3 Å². The van der Waals surface area contributed by atoms with Crippen molar-refractivity contribution in [2.45, 2.75) is 59.0 Å². The number of carbonyl (C=O) groups is 2. The van der Waals surface area contributed by atoms with Crippen molar-refractivity contribution in [2.75, 3.05) is 6.54 Å². The first-order valence-electron chi connectivity index (χ1n) is 6.61. The lowest BCUT2D eigenvalue weighted by molar-refractivity contribution is -0.136. The summed E-state index contributed by atoms with van der Waals surface area (Å²) in [4.78, 5) is 25.9. The lowest BCUT2D eigenvalue weighted by atomic mass is 9.97. The summed E-state index contributed by atoms with van der Waals surface area (Å²) in [5, 5.41) is 2.86. The molecule has 98 valence electrons. The Morgan fingerprint density at radius 3 is 2.47 bits per heavy atom. The molecule has 1 heterocycles. The van der Waals surface area contributed by atoms with Gasteiger partial charge in [0.25, 0.3) is 0 Å². The zero-order chi connectivity index (χ0) is 13.0. The summed E-state index contributed by atoms with van der Waals surface area (Å²) < 4.78 is 0. The van der Waals surface area contributed by atoms with E-state index in [1.165, 1.54) is 0 Å². The fraction of sp³-hybridized carbons (Fsp3) is 0.846. The molecule has 1 aliphatic heterocycles. The van der Waals surface area contributed by atoms with E-state index in [4.69, 9.17) is 0 Å². The highest BCUT2D eigenvalue weighted by molar-refractivity contribution is 5.90. The zero-order valence-corrected chi connectivity index (χ0v) is 11.3. The van der Waals surface area contributed by atoms with Gasteiger partial charge in [0.15, 0.2) is 0 Å². The van der Waals surface area contributed by atoms with Gasteiger partial charge in [-0.15, -0.1) is 0 Å². The molecule has 0 spiro atoms. The summed E-state index contributed by atoms with van der Waals surface area (Å²) in [6.07, 6.45) is 2.24. The Hall–Kier alpha value is -1.06. The van der Waals surface area contributed by atoms with E-state index in [2.05, 4.69) is 12.2 Å². The van der Waals surface area contributed by atoms with E-state index >= 15 is 0 Å². The van der Waals surface area contributed by atoms with E-state index in [1.807, 2.05) is 25.7 Å². The number of rotatable bonds is 4.